The molecule has 26 heavy (non-hydrogen) atoms. The van der Waals surface area contributed by atoms with Gasteiger partial charge in [-0.2, -0.15) is 0 Å². The Bertz CT molecular complexity index is 983. The average molecular weight is 567 g/mol. The van der Waals surface area contributed by atoms with E-state index in [4.69, 9.17) is 4.74 Å². The Balaban J connectivity index is 2.09. The fourth-order valence-electron chi connectivity index (χ4n) is 2.42. The number of para-hydroxylation sites is 1. The van der Waals surface area contributed by atoms with Gasteiger partial charge in [0, 0.05) is 0 Å². The van der Waals surface area contributed by atoms with Crippen LogP contribution in [0.4, 0.5) is 8.28 Å². The van der Waals surface area contributed by atoms with E-state index in [1.165, 1.54) is 19.2 Å². The Hall–Kier alpha value is -2.03. The minimum atomic E-state index is -4.01. The van der Waals surface area contributed by atoms with E-state index in [2.05, 4.69) is 4.98 Å². The van der Waals surface area contributed by atoms with E-state index < -0.39 is 34.5 Å². The molecular formula is C18H15FN2O3PoS. The summed E-state index contributed by atoms with van der Waals surface area (Å²) >= 11 is -2.85. The Morgan fingerprint density at radius 1 is 1.00 bits per heavy atom. The van der Waals surface area contributed by atoms with Gasteiger partial charge >= 0.3 is 165 Å². The first-order valence-corrected chi connectivity index (χ1v) is 11.6. The van der Waals surface area contributed by atoms with Gasteiger partial charge in [0.15, 0.2) is 0 Å². The van der Waals surface area contributed by atoms with Crippen molar-refractivity contribution in [2.45, 2.75) is 4.90 Å². The predicted octanol–water partition coefficient (Wildman–Crippen LogP) is 3.46. The van der Waals surface area contributed by atoms with Crippen molar-refractivity contribution in [3.63, 3.8) is 0 Å². The molecule has 0 aliphatic rings. The third-order valence-corrected chi connectivity index (χ3v) is 9.22. The Morgan fingerprint density at radius 3 is 2.31 bits per heavy atom. The molecule has 134 valence electrons. The van der Waals surface area contributed by atoms with Crippen molar-refractivity contribution in [1.82, 2.24) is 4.98 Å². The van der Waals surface area contributed by atoms with Crippen LogP contribution in [0.5, 0.6) is 5.75 Å². The van der Waals surface area contributed by atoms with Gasteiger partial charge in [-0.3, -0.25) is 0 Å². The molecule has 0 radical (unpaired) electrons. The van der Waals surface area contributed by atoms with Gasteiger partial charge in [0.25, 0.3) is 0 Å². The molecule has 2 aromatic carbocycles. The topological polar surface area (TPSA) is 59.5 Å². The van der Waals surface area contributed by atoms with Gasteiger partial charge in [-0.05, 0) is 0 Å². The summed E-state index contributed by atoms with van der Waals surface area (Å²) in [7, 11) is -2.52. The molecule has 3 rings (SSSR count). The van der Waals surface area contributed by atoms with E-state index in [1.807, 2.05) is 0 Å². The first-order chi connectivity index (χ1) is 12.6. The summed E-state index contributed by atoms with van der Waals surface area (Å²) in [5, 5.41) is 0. The maximum atomic E-state index is 14.0. The fraction of sp³-hybridized carbons (Fsp3) is 0.0556. The number of hydrogen-bond acceptors (Lipinski definition) is 4. The summed E-state index contributed by atoms with van der Waals surface area (Å²) < 4.78 is 46.0. The molecule has 3 aromatic rings. The second-order valence-corrected chi connectivity index (χ2v) is 9.95. The van der Waals surface area contributed by atoms with Crippen LogP contribution in [-0.2, 0) is 10.0 Å². The molecule has 0 saturated heterocycles. The molecule has 0 amide bonds. The van der Waals surface area contributed by atoms with Gasteiger partial charge in [-0.15, -0.1) is 0 Å². The number of rotatable bonds is 6. The zero-order valence-electron chi connectivity index (χ0n) is 13.7. The van der Waals surface area contributed by atoms with E-state index in [0.717, 1.165) is 2.20 Å². The van der Waals surface area contributed by atoms with Crippen molar-refractivity contribution in [3.8, 4) is 17.0 Å². The molecular weight excluding hydrogens is 552 g/mol. The average Bonchev–Trinajstić information content (AvgIpc) is 2.69. The molecule has 0 spiro atoms. The molecule has 0 unspecified atom stereocenters. The van der Waals surface area contributed by atoms with Crippen molar-refractivity contribution < 1.29 is 15.7 Å². The SMILES string of the molecule is COc1ccc(S(=O)(=O)[N]([Po][F])c2ccccc2-c2ccccn2)cc1. The zero-order valence-corrected chi connectivity index (χ0v) is 17.7. The number of benzene rings is 2. The third kappa shape index (κ3) is 3.72. The normalized spacial score (nSPS) is 11.2. The summed E-state index contributed by atoms with van der Waals surface area (Å²) in [6.07, 6.45) is 1.61. The van der Waals surface area contributed by atoms with Crippen LogP contribution in [0, 0.1) is 0 Å². The van der Waals surface area contributed by atoms with E-state index in [0.29, 0.717) is 22.7 Å². The van der Waals surface area contributed by atoms with Crippen molar-refractivity contribution in [2.24, 2.45) is 0 Å². The molecule has 0 atom stereocenters. The zero-order chi connectivity index (χ0) is 18.6. The maximum absolute atomic E-state index is 14.0. The Morgan fingerprint density at radius 2 is 1.69 bits per heavy atom. The molecule has 1 heterocycles. The fourth-order valence-corrected chi connectivity index (χ4v) is 6.36. The number of sulfonamides is 1. The van der Waals surface area contributed by atoms with Crippen molar-refractivity contribution in [1.29, 1.82) is 0 Å². The van der Waals surface area contributed by atoms with E-state index in [9.17, 15) is 11.0 Å². The van der Waals surface area contributed by atoms with Gasteiger partial charge in [0.2, 0.25) is 0 Å². The van der Waals surface area contributed by atoms with Crippen molar-refractivity contribution in [3.05, 3.63) is 72.9 Å². The molecule has 8 heteroatoms. The summed E-state index contributed by atoms with van der Waals surface area (Å²) in [5.74, 6) is 0.532. The molecule has 0 bridgehead atoms. The van der Waals surface area contributed by atoms with Crippen LogP contribution in [0.25, 0.3) is 11.3 Å². The molecule has 5 nitrogen and oxygen atoms in total. The molecule has 0 N–H and O–H groups in total. The van der Waals surface area contributed by atoms with Gasteiger partial charge in [-0.25, -0.2) is 0 Å². The summed E-state index contributed by atoms with van der Waals surface area (Å²) in [6.45, 7) is 0. The molecule has 0 fully saturated rings. The predicted molar refractivity (Wildman–Crippen MR) is 99.2 cm³/mol. The van der Waals surface area contributed by atoms with E-state index >= 15 is 0 Å². The van der Waals surface area contributed by atoms with Crippen LogP contribution in [0.3, 0.4) is 0 Å². The van der Waals surface area contributed by atoms with Crippen LogP contribution in [0.1, 0.15) is 0 Å². The van der Waals surface area contributed by atoms with Crippen molar-refractivity contribution in [2.75, 3.05) is 9.31 Å². The van der Waals surface area contributed by atoms with Crippen LogP contribution in [0.15, 0.2) is 77.8 Å². The van der Waals surface area contributed by atoms with Gasteiger partial charge in [0.1, 0.15) is 0 Å². The number of ether oxygens (including phenoxy) is 1. The number of nitrogens with zero attached hydrogens (tertiary/aromatic N) is 2. The molecule has 0 aliphatic heterocycles. The third-order valence-electron chi connectivity index (χ3n) is 3.68. The second-order valence-electron chi connectivity index (χ2n) is 5.21. The standard InChI is InChI=1S/C18H15N2O3S.FH.Po/c1-23-14-9-11-15(12-10-14)24(21,22)20-18-8-3-2-6-16(18)17-7-4-5-13-19-17;;/h2-13H,1H3;1H;/q-1;;+2/p-1. The summed E-state index contributed by atoms with van der Waals surface area (Å²) in [6, 6.07) is 18.0. The number of aromatic nitrogens is 1. The number of pyridine rings is 1. The monoisotopic (exact) mass is 567 g/mol. The van der Waals surface area contributed by atoms with E-state index in [-0.39, 0.29) is 4.90 Å². The molecule has 1 aromatic heterocycles. The Labute approximate surface area is 164 Å². The number of hydrogen-bond donors (Lipinski definition) is 0. The first kappa shape index (κ1) is 18.7. The number of anilines is 1. The van der Waals surface area contributed by atoms with Crippen LogP contribution in [0.2, 0.25) is 0 Å². The van der Waals surface area contributed by atoms with Crippen LogP contribution >= 0.6 is 0 Å². The summed E-state index contributed by atoms with van der Waals surface area (Å²) in [4.78, 5) is 4.28. The minimum absolute atomic E-state index is 0.0202. The quantitative estimate of drug-likeness (QED) is 0.458. The van der Waals surface area contributed by atoms with Gasteiger partial charge in [-0.1, -0.05) is 0 Å². The van der Waals surface area contributed by atoms with Crippen molar-refractivity contribution >= 4 is 40.2 Å². The van der Waals surface area contributed by atoms with Gasteiger partial charge in [0.05, 0.1) is 0 Å². The van der Waals surface area contributed by atoms with Gasteiger partial charge < -0.3 is 0 Å². The molecule has 0 saturated carbocycles. The second kappa shape index (κ2) is 8.11. The number of methoxy groups -OCH3 is 1. The van der Waals surface area contributed by atoms with Crippen LogP contribution < -0.4 is 6.94 Å². The Kier molecular flexibility index (Phi) is 5.85. The van der Waals surface area contributed by atoms with Crippen LogP contribution in [-0.4, -0.2) is 45.0 Å². The first-order valence-electron chi connectivity index (χ1n) is 7.56. The number of halogens is 1. The summed E-state index contributed by atoms with van der Waals surface area (Å²) in [5.41, 5.74) is 1.46. The molecule has 0 aliphatic carbocycles. The van der Waals surface area contributed by atoms with E-state index in [1.54, 1.807) is 60.8 Å².